The lowest BCUT2D eigenvalue weighted by Crippen LogP contribution is -2.42. The number of carbonyl (C=O) groups is 4. The number of halogens is 1. The first-order chi connectivity index (χ1) is 16.0. The number of aliphatic hydroxyl groups is 1. The lowest BCUT2D eigenvalue weighted by molar-refractivity contribution is -0.170. The van der Waals surface area contributed by atoms with E-state index in [9.17, 15) is 19.2 Å². The van der Waals surface area contributed by atoms with Crippen LogP contribution in [0.3, 0.4) is 0 Å². The van der Waals surface area contributed by atoms with E-state index in [0.29, 0.717) is 5.02 Å². The van der Waals surface area contributed by atoms with Gasteiger partial charge in [-0.15, -0.1) is 11.3 Å². The zero-order valence-electron chi connectivity index (χ0n) is 18.1. The van der Waals surface area contributed by atoms with Crippen LogP contribution in [-0.4, -0.2) is 68.5 Å². The molecule has 0 amide bonds. The Bertz CT molecular complexity index is 1040. The minimum absolute atomic E-state index is 0.262. The summed E-state index contributed by atoms with van der Waals surface area (Å²) in [4.78, 5) is 46.3. The summed E-state index contributed by atoms with van der Waals surface area (Å²) < 4.78 is 5.01. The molecule has 12 heteroatoms. The summed E-state index contributed by atoms with van der Waals surface area (Å²) in [5.74, 6) is -5.28. The molecule has 184 valence electrons. The highest BCUT2D eigenvalue weighted by atomic mass is 35.5. The Kier molecular flexibility index (Phi) is 9.56. The second-order valence-electron chi connectivity index (χ2n) is 7.51. The van der Waals surface area contributed by atoms with E-state index in [0.717, 1.165) is 25.1 Å². The molecule has 34 heavy (non-hydrogen) atoms. The molecule has 1 aliphatic rings. The Morgan fingerprint density at radius 3 is 2.26 bits per heavy atom. The molecule has 10 nitrogen and oxygen atoms in total. The number of thiophene rings is 1. The Balaban J connectivity index is 0.000000273. The first-order valence-corrected chi connectivity index (χ1v) is 11.2. The summed E-state index contributed by atoms with van der Waals surface area (Å²) in [6, 6.07) is 9.16. The first kappa shape index (κ1) is 27.3. The molecule has 4 N–H and O–H groups in total. The van der Waals surface area contributed by atoms with Crippen LogP contribution < -0.4 is 0 Å². The van der Waals surface area contributed by atoms with Crippen molar-refractivity contribution < 1.29 is 44.3 Å². The maximum Gasteiger partial charge on any atom is 0.336 e. The fourth-order valence-electron chi connectivity index (χ4n) is 3.49. The van der Waals surface area contributed by atoms with E-state index in [1.807, 2.05) is 24.3 Å². The summed E-state index contributed by atoms with van der Waals surface area (Å²) in [5, 5.41) is 36.5. The number of carbonyl (C=O) groups excluding carboxylic acids is 1. The summed E-state index contributed by atoms with van der Waals surface area (Å²) >= 11 is 8.07. The molecule has 2 heterocycles. The molecule has 0 saturated carbocycles. The van der Waals surface area contributed by atoms with Gasteiger partial charge in [-0.05, 0) is 35.1 Å². The van der Waals surface area contributed by atoms with Crippen LogP contribution in [0.15, 0.2) is 35.7 Å². The van der Waals surface area contributed by atoms with Crippen LogP contribution in [-0.2, 0) is 36.9 Å². The van der Waals surface area contributed by atoms with E-state index < -0.39 is 42.4 Å². The van der Waals surface area contributed by atoms with Crippen molar-refractivity contribution in [2.24, 2.45) is 0 Å². The minimum Gasteiger partial charge on any atom is -0.481 e. The van der Waals surface area contributed by atoms with Gasteiger partial charge in [0.15, 0.2) is 5.60 Å². The van der Waals surface area contributed by atoms with Crippen molar-refractivity contribution in [1.82, 2.24) is 4.90 Å². The third-order valence-electron chi connectivity index (χ3n) is 5.11. The Morgan fingerprint density at radius 2 is 1.74 bits per heavy atom. The van der Waals surface area contributed by atoms with Crippen molar-refractivity contribution in [3.8, 4) is 0 Å². The fraction of sp³-hybridized carbons (Fsp3) is 0.364. The number of nitrogens with zero attached hydrogens (tertiary/aromatic N) is 1. The number of carboxylic acid groups (broad SMARTS) is 3. The predicted molar refractivity (Wildman–Crippen MR) is 122 cm³/mol. The number of benzene rings is 1. The molecule has 1 aromatic heterocycles. The summed E-state index contributed by atoms with van der Waals surface area (Å²) in [5.41, 5.74) is -0.630. The number of hydrogen-bond acceptors (Lipinski definition) is 8. The van der Waals surface area contributed by atoms with Gasteiger partial charge in [-0.1, -0.05) is 29.8 Å². The molecule has 0 aliphatic carbocycles. The van der Waals surface area contributed by atoms with Crippen molar-refractivity contribution in [1.29, 1.82) is 0 Å². The average Bonchev–Trinajstić information content (AvgIpc) is 3.22. The monoisotopic (exact) mass is 513 g/mol. The predicted octanol–water partition coefficient (Wildman–Crippen LogP) is 2.43. The number of ether oxygens (including phenoxy) is 1. The lowest BCUT2D eigenvalue weighted by Gasteiger charge is -2.33. The van der Waals surface area contributed by atoms with Crippen molar-refractivity contribution in [2.45, 2.75) is 37.5 Å². The van der Waals surface area contributed by atoms with E-state index in [1.165, 1.54) is 17.6 Å². The van der Waals surface area contributed by atoms with E-state index in [1.54, 1.807) is 11.3 Å². The number of aliphatic carboxylic acids is 3. The number of rotatable bonds is 8. The van der Waals surface area contributed by atoms with Crippen molar-refractivity contribution in [3.63, 3.8) is 0 Å². The second-order valence-corrected chi connectivity index (χ2v) is 8.92. The van der Waals surface area contributed by atoms with Crippen molar-refractivity contribution in [2.75, 3.05) is 13.7 Å². The number of carboxylic acids is 3. The van der Waals surface area contributed by atoms with Crippen LogP contribution in [0.4, 0.5) is 0 Å². The number of fused-ring (bicyclic) bond motifs is 1. The van der Waals surface area contributed by atoms with Gasteiger partial charge < -0.3 is 25.2 Å². The molecule has 3 rings (SSSR count). The highest BCUT2D eigenvalue weighted by Crippen LogP contribution is 2.33. The van der Waals surface area contributed by atoms with E-state index in [2.05, 4.69) is 16.3 Å². The van der Waals surface area contributed by atoms with E-state index in [4.69, 9.17) is 36.8 Å². The molecule has 0 radical (unpaired) electrons. The van der Waals surface area contributed by atoms with Crippen LogP contribution >= 0.6 is 22.9 Å². The summed E-state index contributed by atoms with van der Waals surface area (Å²) in [6.07, 6.45) is -1.33. The molecule has 0 spiro atoms. The number of methoxy groups -OCH3 is 1. The third-order valence-corrected chi connectivity index (χ3v) is 6.48. The van der Waals surface area contributed by atoms with Crippen LogP contribution in [0.25, 0.3) is 0 Å². The Hall–Kier alpha value is -2.99. The maximum absolute atomic E-state index is 12.3. The standard InChI is InChI=1S/C16H16ClNO2S.C6H8O7/c1-20-16(19)15(12-4-2-3-5-13(12)17)18-8-6-14-11(10-18)7-9-21-14;7-3(8)1-6(13,5(11)12)2-4(9)10/h2-5,7,9,15H,6,8,10H2,1H3;13H,1-2H2,(H,7,8)(H,9,10)(H,11,12)/t15-;/m1./s1. The van der Waals surface area contributed by atoms with Gasteiger partial charge in [-0.3, -0.25) is 14.5 Å². The molecule has 1 atom stereocenters. The molecule has 0 bridgehead atoms. The minimum atomic E-state index is -2.74. The molecular formula is C22H24ClNO9S. The van der Waals surface area contributed by atoms with Gasteiger partial charge in [0.2, 0.25) is 0 Å². The normalized spacial score (nSPS) is 14.2. The molecule has 2 aromatic rings. The molecular weight excluding hydrogens is 490 g/mol. The lowest BCUT2D eigenvalue weighted by atomic mass is 9.96. The van der Waals surface area contributed by atoms with Crippen molar-refractivity contribution >= 4 is 46.8 Å². The molecule has 0 fully saturated rings. The molecule has 1 aromatic carbocycles. The van der Waals surface area contributed by atoms with Gasteiger partial charge in [0.05, 0.1) is 20.0 Å². The number of esters is 1. The zero-order valence-corrected chi connectivity index (χ0v) is 19.7. The zero-order chi connectivity index (χ0) is 25.5. The van der Waals surface area contributed by atoms with E-state index >= 15 is 0 Å². The largest absolute Gasteiger partial charge is 0.481 e. The maximum atomic E-state index is 12.3. The van der Waals surface area contributed by atoms with Crippen LogP contribution in [0.1, 0.15) is 34.9 Å². The number of hydrogen-bond donors (Lipinski definition) is 4. The second kappa shape index (κ2) is 11.9. The van der Waals surface area contributed by atoms with Gasteiger partial charge in [-0.2, -0.15) is 0 Å². The topological polar surface area (TPSA) is 162 Å². The Morgan fingerprint density at radius 1 is 1.12 bits per heavy atom. The first-order valence-electron chi connectivity index (χ1n) is 9.99. The van der Waals surface area contributed by atoms with Gasteiger partial charge in [0, 0.05) is 23.0 Å². The van der Waals surface area contributed by atoms with Crippen LogP contribution in [0, 0.1) is 0 Å². The SMILES string of the molecule is COC(=O)[C@@H](c1ccccc1Cl)N1CCc2sccc2C1.O=C(O)CC(O)(CC(=O)O)C(=O)O. The molecule has 0 saturated heterocycles. The highest BCUT2D eigenvalue weighted by molar-refractivity contribution is 7.10. The van der Waals surface area contributed by atoms with Crippen molar-refractivity contribution in [3.05, 3.63) is 56.7 Å². The fourth-order valence-corrected chi connectivity index (χ4v) is 4.61. The van der Waals surface area contributed by atoms with Gasteiger partial charge in [0.25, 0.3) is 0 Å². The van der Waals surface area contributed by atoms with E-state index in [-0.39, 0.29) is 5.97 Å². The smallest absolute Gasteiger partial charge is 0.336 e. The van der Waals surface area contributed by atoms with Crippen LogP contribution in [0.5, 0.6) is 0 Å². The molecule has 1 aliphatic heterocycles. The highest BCUT2D eigenvalue weighted by Gasteiger charge is 2.40. The van der Waals surface area contributed by atoms with Crippen LogP contribution in [0.2, 0.25) is 5.02 Å². The van der Waals surface area contributed by atoms with Gasteiger partial charge in [0.1, 0.15) is 6.04 Å². The summed E-state index contributed by atoms with van der Waals surface area (Å²) in [6.45, 7) is 1.59. The van der Waals surface area contributed by atoms with Gasteiger partial charge in [-0.25, -0.2) is 9.59 Å². The Labute approximate surface area is 204 Å². The summed E-state index contributed by atoms with van der Waals surface area (Å²) in [7, 11) is 1.42. The van der Waals surface area contributed by atoms with Gasteiger partial charge >= 0.3 is 23.9 Å². The molecule has 0 unspecified atom stereocenters. The third kappa shape index (κ3) is 7.00. The average molecular weight is 514 g/mol. The quantitative estimate of drug-likeness (QED) is 0.385.